The van der Waals surface area contributed by atoms with Crippen LogP contribution in [-0.4, -0.2) is 29.8 Å². The average Bonchev–Trinajstić information content (AvgIpc) is 2.16. The summed E-state index contributed by atoms with van der Waals surface area (Å²) in [7, 11) is -3.91. The molecule has 1 amide bonds. The van der Waals surface area contributed by atoms with E-state index >= 15 is 0 Å². The van der Waals surface area contributed by atoms with Gasteiger partial charge in [-0.15, -0.1) is 0 Å². The Labute approximate surface area is 103 Å². The van der Waals surface area contributed by atoms with Crippen molar-refractivity contribution in [3.63, 3.8) is 0 Å². The van der Waals surface area contributed by atoms with Gasteiger partial charge < -0.3 is 5.73 Å². The fourth-order valence-electron chi connectivity index (χ4n) is 0.884. The molecule has 0 unspecified atom stereocenters. The van der Waals surface area contributed by atoms with Crippen molar-refractivity contribution < 1.29 is 13.2 Å². The topological polar surface area (TPSA) is 115 Å². The lowest BCUT2D eigenvalue weighted by Gasteiger charge is -2.21. The molecule has 0 aliphatic heterocycles. The number of nitrogens with zero attached hydrogens (tertiary/aromatic N) is 2. The molecule has 1 rings (SSSR count). The van der Waals surface area contributed by atoms with Gasteiger partial charge in [0.2, 0.25) is 21.2 Å². The number of carbonyl (C=O) groups is 1. The molecule has 0 aliphatic rings. The number of rotatable bonds is 4. The van der Waals surface area contributed by atoms with E-state index in [1.165, 1.54) is 13.8 Å². The SMILES string of the molecule is CC(C)(NS(=O)(=O)c1cnc(Cl)nc1)C(N)=O. The lowest BCUT2D eigenvalue weighted by molar-refractivity contribution is -0.122. The lowest BCUT2D eigenvalue weighted by atomic mass is 10.1. The molecule has 0 spiro atoms. The molecule has 0 aromatic carbocycles. The quantitative estimate of drug-likeness (QED) is 0.732. The fourth-order valence-corrected chi connectivity index (χ4v) is 2.26. The predicted octanol–water partition coefficient (Wildman–Crippen LogP) is -0.328. The Morgan fingerprint density at radius 1 is 1.41 bits per heavy atom. The highest BCUT2D eigenvalue weighted by molar-refractivity contribution is 7.89. The van der Waals surface area contributed by atoms with Crippen LogP contribution in [0.1, 0.15) is 13.8 Å². The Hall–Kier alpha value is -1.25. The number of amides is 1. The van der Waals surface area contributed by atoms with E-state index in [4.69, 9.17) is 17.3 Å². The number of nitrogens with one attached hydrogen (secondary N) is 1. The monoisotopic (exact) mass is 278 g/mol. The van der Waals surface area contributed by atoms with Crippen molar-refractivity contribution in [1.82, 2.24) is 14.7 Å². The number of carbonyl (C=O) groups excluding carboxylic acids is 1. The van der Waals surface area contributed by atoms with Crippen LogP contribution in [0.2, 0.25) is 5.28 Å². The molecule has 1 heterocycles. The molecule has 0 atom stereocenters. The van der Waals surface area contributed by atoms with Crippen molar-refractivity contribution in [3.8, 4) is 0 Å². The van der Waals surface area contributed by atoms with Crippen LogP contribution in [0.3, 0.4) is 0 Å². The van der Waals surface area contributed by atoms with Crippen LogP contribution in [0.4, 0.5) is 0 Å². The van der Waals surface area contributed by atoms with Crippen molar-refractivity contribution in [3.05, 3.63) is 17.7 Å². The first kappa shape index (κ1) is 13.8. The van der Waals surface area contributed by atoms with Crippen LogP contribution in [0.25, 0.3) is 0 Å². The molecule has 0 fully saturated rings. The van der Waals surface area contributed by atoms with Gasteiger partial charge in [-0.25, -0.2) is 18.4 Å². The van der Waals surface area contributed by atoms with Crippen molar-refractivity contribution >= 4 is 27.5 Å². The minimum Gasteiger partial charge on any atom is -0.368 e. The van der Waals surface area contributed by atoms with Crippen LogP contribution >= 0.6 is 11.6 Å². The van der Waals surface area contributed by atoms with Gasteiger partial charge in [0.1, 0.15) is 10.4 Å². The summed E-state index contributed by atoms with van der Waals surface area (Å²) >= 11 is 5.43. The first-order valence-corrected chi connectivity index (χ1v) is 6.33. The highest BCUT2D eigenvalue weighted by Gasteiger charge is 2.31. The van der Waals surface area contributed by atoms with Crippen LogP contribution in [0.15, 0.2) is 17.3 Å². The Kier molecular flexibility index (Phi) is 3.70. The third kappa shape index (κ3) is 3.35. The second kappa shape index (κ2) is 4.55. The molecular weight excluding hydrogens is 268 g/mol. The van der Waals surface area contributed by atoms with E-state index in [9.17, 15) is 13.2 Å². The lowest BCUT2D eigenvalue weighted by Crippen LogP contribution is -2.52. The second-order valence-corrected chi connectivity index (χ2v) is 5.80. The molecule has 1 aromatic rings. The van der Waals surface area contributed by atoms with Crippen molar-refractivity contribution in [2.24, 2.45) is 5.73 Å². The van der Waals surface area contributed by atoms with Crippen molar-refractivity contribution in [2.45, 2.75) is 24.3 Å². The summed E-state index contributed by atoms with van der Waals surface area (Å²) in [6.07, 6.45) is 2.07. The standard InChI is InChI=1S/C8H11ClN4O3S/c1-8(2,6(10)14)13-17(15,16)5-3-11-7(9)12-4-5/h3-4,13H,1-2H3,(H2,10,14). The number of hydrogen-bond donors (Lipinski definition) is 2. The summed E-state index contributed by atoms with van der Waals surface area (Å²) in [6, 6.07) is 0. The number of hydrogen-bond acceptors (Lipinski definition) is 5. The predicted molar refractivity (Wildman–Crippen MR) is 60.6 cm³/mol. The molecule has 0 aliphatic carbocycles. The summed E-state index contributed by atoms with van der Waals surface area (Å²) < 4.78 is 25.8. The van der Waals surface area contributed by atoms with Crippen LogP contribution < -0.4 is 10.5 Å². The van der Waals surface area contributed by atoms with E-state index in [0.29, 0.717) is 0 Å². The second-order valence-electron chi connectivity index (χ2n) is 3.78. The van der Waals surface area contributed by atoms with E-state index < -0.39 is 21.5 Å². The molecule has 3 N–H and O–H groups in total. The summed E-state index contributed by atoms with van der Waals surface area (Å²) in [5.74, 6) is -0.795. The zero-order chi connectivity index (χ0) is 13.3. The van der Waals surface area contributed by atoms with Gasteiger partial charge in [-0.05, 0) is 25.4 Å². The van der Waals surface area contributed by atoms with E-state index in [0.717, 1.165) is 12.4 Å². The Morgan fingerprint density at radius 2 is 1.88 bits per heavy atom. The van der Waals surface area contributed by atoms with Gasteiger partial charge in [0.15, 0.2) is 0 Å². The van der Waals surface area contributed by atoms with E-state index in [1.54, 1.807) is 0 Å². The third-order valence-electron chi connectivity index (χ3n) is 1.91. The van der Waals surface area contributed by atoms with Crippen LogP contribution in [0, 0.1) is 0 Å². The smallest absolute Gasteiger partial charge is 0.244 e. The molecule has 0 saturated carbocycles. The van der Waals surface area contributed by atoms with Gasteiger partial charge in [0.05, 0.1) is 12.4 Å². The minimum atomic E-state index is -3.91. The van der Waals surface area contributed by atoms with Gasteiger partial charge in [-0.2, -0.15) is 4.72 Å². The maximum atomic E-state index is 11.8. The first-order chi connectivity index (χ1) is 7.65. The number of halogens is 1. The molecule has 94 valence electrons. The normalized spacial score (nSPS) is 12.4. The van der Waals surface area contributed by atoms with Crippen molar-refractivity contribution in [2.75, 3.05) is 0 Å². The number of primary amides is 1. The Bertz CT molecular complexity index is 526. The molecule has 0 bridgehead atoms. The first-order valence-electron chi connectivity index (χ1n) is 4.46. The maximum Gasteiger partial charge on any atom is 0.244 e. The summed E-state index contributed by atoms with van der Waals surface area (Å²) in [5, 5.41) is -0.0712. The zero-order valence-corrected chi connectivity index (χ0v) is 10.7. The van der Waals surface area contributed by atoms with E-state index in [1.807, 2.05) is 0 Å². The Balaban J connectivity index is 3.05. The molecule has 0 radical (unpaired) electrons. The van der Waals surface area contributed by atoms with Crippen LogP contribution in [0.5, 0.6) is 0 Å². The molecular formula is C8H11ClN4O3S. The van der Waals surface area contributed by atoms with Gasteiger partial charge in [0, 0.05) is 0 Å². The highest BCUT2D eigenvalue weighted by atomic mass is 35.5. The molecule has 0 saturated heterocycles. The molecule has 7 nitrogen and oxygen atoms in total. The minimum absolute atomic E-state index is 0.0712. The molecule has 9 heteroatoms. The highest BCUT2D eigenvalue weighted by Crippen LogP contribution is 2.12. The van der Waals surface area contributed by atoms with E-state index in [-0.39, 0.29) is 10.2 Å². The largest absolute Gasteiger partial charge is 0.368 e. The third-order valence-corrected chi connectivity index (χ3v) is 3.72. The summed E-state index contributed by atoms with van der Waals surface area (Å²) in [6.45, 7) is 2.70. The molecule has 17 heavy (non-hydrogen) atoms. The Morgan fingerprint density at radius 3 is 2.29 bits per heavy atom. The average molecular weight is 279 g/mol. The van der Waals surface area contributed by atoms with Gasteiger partial charge in [-0.1, -0.05) is 0 Å². The maximum absolute atomic E-state index is 11.8. The summed E-state index contributed by atoms with van der Waals surface area (Å²) in [5.41, 5.74) is 3.66. The molecule has 1 aromatic heterocycles. The van der Waals surface area contributed by atoms with Crippen LogP contribution in [-0.2, 0) is 14.8 Å². The van der Waals surface area contributed by atoms with Gasteiger partial charge >= 0.3 is 0 Å². The fraction of sp³-hybridized carbons (Fsp3) is 0.375. The number of sulfonamides is 1. The number of nitrogens with two attached hydrogens (primary N) is 1. The van der Waals surface area contributed by atoms with Gasteiger partial charge in [0.25, 0.3) is 0 Å². The van der Waals surface area contributed by atoms with Crippen molar-refractivity contribution in [1.29, 1.82) is 0 Å². The number of aromatic nitrogens is 2. The van der Waals surface area contributed by atoms with E-state index in [2.05, 4.69) is 14.7 Å². The van der Waals surface area contributed by atoms with Gasteiger partial charge in [-0.3, -0.25) is 4.79 Å². The summed E-state index contributed by atoms with van der Waals surface area (Å²) in [4.78, 5) is 17.9. The zero-order valence-electron chi connectivity index (χ0n) is 9.14.